The lowest BCUT2D eigenvalue weighted by atomic mass is 10.1. The van der Waals surface area contributed by atoms with Crippen molar-refractivity contribution in [2.45, 2.75) is 0 Å². The molecule has 0 aliphatic carbocycles. The van der Waals surface area contributed by atoms with Crippen molar-refractivity contribution >= 4 is 29.7 Å². The van der Waals surface area contributed by atoms with Crippen LogP contribution in [0, 0.1) is 0 Å². The summed E-state index contributed by atoms with van der Waals surface area (Å²) in [4.78, 5) is 11.6. The van der Waals surface area contributed by atoms with Gasteiger partial charge in [-0.2, -0.15) is 0 Å². The van der Waals surface area contributed by atoms with Crippen molar-refractivity contribution in [1.82, 2.24) is 0 Å². The second kappa shape index (κ2) is 6.21. The standard InChI is InChI=1S/C16H13ClO2/c1-19-16(18)15-5-3-2-4-13(15)9-6-12-7-10-14(17)11-8-12/h2-11H,1H3/b9-6+. The molecule has 0 bridgehead atoms. The van der Waals surface area contributed by atoms with E-state index >= 15 is 0 Å². The minimum absolute atomic E-state index is 0.337. The Morgan fingerprint density at radius 2 is 1.74 bits per heavy atom. The third-order valence-electron chi connectivity index (χ3n) is 2.69. The Hall–Kier alpha value is -2.06. The summed E-state index contributed by atoms with van der Waals surface area (Å²) in [5, 5.41) is 0.701. The van der Waals surface area contributed by atoms with Gasteiger partial charge in [0.1, 0.15) is 0 Å². The van der Waals surface area contributed by atoms with E-state index < -0.39 is 0 Å². The molecule has 0 heterocycles. The van der Waals surface area contributed by atoms with Gasteiger partial charge in [-0.1, -0.05) is 54.1 Å². The number of rotatable bonds is 3. The summed E-state index contributed by atoms with van der Waals surface area (Å²) in [6.45, 7) is 0. The lowest BCUT2D eigenvalue weighted by Gasteiger charge is -2.03. The molecule has 0 N–H and O–H groups in total. The first-order chi connectivity index (χ1) is 9.20. The molecule has 0 amide bonds. The summed E-state index contributed by atoms with van der Waals surface area (Å²) < 4.78 is 4.75. The molecule has 0 atom stereocenters. The highest BCUT2D eigenvalue weighted by atomic mass is 35.5. The van der Waals surface area contributed by atoms with Gasteiger partial charge in [0.2, 0.25) is 0 Å². The monoisotopic (exact) mass is 272 g/mol. The minimum atomic E-state index is -0.337. The molecule has 0 aliphatic heterocycles. The van der Waals surface area contributed by atoms with E-state index in [0.717, 1.165) is 11.1 Å². The third-order valence-corrected chi connectivity index (χ3v) is 2.94. The normalized spacial score (nSPS) is 10.6. The highest BCUT2D eigenvalue weighted by Gasteiger charge is 2.08. The van der Waals surface area contributed by atoms with Gasteiger partial charge in [0, 0.05) is 5.02 Å². The summed E-state index contributed by atoms with van der Waals surface area (Å²) in [5.41, 5.74) is 2.39. The number of carbonyl (C=O) groups excluding carboxylic acids is 1. The van der Waals surface area contributed by atoms with Gasteiger partial charge in [0.05, 0.1) is 12.7 Å². The molecule has 2 rings (SSSR count). The van der Waals surface area contributed by atoms with E-state index in [1.54, 1.807) is 6.07 Å². The van der Waals surface area contributed by atoms with Crippen molar-refractivity contribution in [2.75, 3.05) is 7.11 Å². The maximum absolute atomic E-state index is 11.6. The Labute approximate surface area is 117 Å². The third kappa shape index (κ3) is 3.46. The van der Waals surface area contributed by atoms with Gasteiger partial charge in [-0.15, -0.1) is 0 Å². The zero-order valence-corrected chi connectivity index (χ0v) is 11.2. The van der Waals surface area contributed by atoms with Gasteiger partial charge in [-0.3, -0.25) is 0 Å². The van der Waals surface area contributed by atoms with E-state index in [1.165, 1.54) is 7.11 Å². The fourth-order valence-electron chi connectivity index (χ4n) is 1.70. The minimum Gasteiger partial charge on any atom is -0.465 e. The molecular weight excluding hydrogens is 260 g/mol. The van der Waals surface area contributed by atoms with Crippen molar-refractivity contribution in [3.63, 3.8) is 0 Å². The zero-order chi connectivity index (χ0) is 13.7. The number of esters is 1. The van der Waals surface area contributed by atoms with Gasteiger partial charge in [-0.25, -0.2) is 4.79 Å². The largest absolute Gasteiger partial charge is 0.465 e. The smallest absolute Gasteiger partial charge is 0.338 e. The molecule has 0 fully saturated rings. The van der Waals surface area contributed by atoms with Crippen LogP contribution in [0.5, 0.6) is 0 Å². The Morgan fingerprint density at radius 3 is 2.42 bits per heavy atom. The molecule has 3 heteroatoms. The Balaban J connectivity index is 2.28. The molecule has 19 heavy (non-hydrogen) atoms. The Bertz CT molecular complexity index is 600. The molecule has 2 aromatic carbocycles. The van der Waals surface area contributed by atoms with Gasteiger partial charge in [0.25, 0.3) is 0 Å². The van der Waals surface area contributed by atoms with Crippen LogP contribution >= 0.6 is 11.6 Å². The van der Waals surface area contributed by atoms with E-state index in [4.69, 9.17) is 16.3 Å². The highest BCUT2D eigenvalue weighted by molar-refractivity contribution is 6.30. The number of carbonyl (C=O) groups is 1. The topological polar surface area (TPSA) is 26.3 Å². The molecule has 96 valence electrons. The van der Waals surface area contributed by atoms with Crippen LogP contribution < -0.4 is 0 Å². The van der Waals surface area contributed by atoms with E-state index in [0.29, 0.717) is 10.6 Å². The molecule has 0 unspecified atom stereocenters. The molecule has 2 aromatic rings. The van der Waals surface area contributed by atoms with Crippen LogP contribution in [0.4, 0.5) is 0 Å². The van der Waals surface area contributed by atoms with Gasteiger partial charge < -0.3 is 4.74 Å². The molecule has 0 radical (unpaired) electrons. The average Bonchev–Trinajstić information content (AvgIpc) is 2.46. The molecule has 0 saturated carbocycles. The number of halogens is 1. The predicted octanol–water partition coefficient (Wildman–Crippen LogP) is 4.30. The number of methoxy groups -OCH3 is 1. The fourth-order valence-corrected chi connectivity index (χ4v) is 1.82. The second-order valence-electron chi connectivity index (χ2n) is 3.96. The number of benzene rings is 2. The van der Waals surface area contributed by atoms with E-state index in [9.17, 15) is 4.79 Å². The van der Waals surface area contributed by atoms with Crippen molar-refractivity contribution < 1.29 is 9.53 Å². The SMILES string of the molecule is COC(=O)c1ccccc1/C=C/c1ccc(Cl)cc1. The van der Waals surface area contributed by atoms with Crippen LogP contribution in [0.1, 0.15) is 21.5 Å². The molecule has 0 aliphatic rings. The molecule has 0 saturated heterocycles. The van der Waals surface area contributed by atoms with Crippen LogP contribution in [0.2, 0.25) is 5.02 Å². The van der Waals surface area contributed by atoms with Crippen LogP contribution in [-0.4, -0.2) is 13.1 Å². The summed E-state index contributed by atoms with van der Waals surface area (Å²) in [5.74, 6) is -0.337. The predicted molar refractivity (Wildman–Crippen MR) is 78.2 cm³/mol. The summed E-state index contributed by atoms with van der Waals surface area (Å²) >= 11 is 5.83. The number of hydrogen-bond acceptors (Lipinski definition) is 2. The number of hydrogen-bond donors (Lipinski definition) is 0. The van der Waals surface area contributed by atoms with Crippen LogP contribution in [-0.2, 0) is 4.74 Å². The maximum Gasteiger partial charge on any atom is 0.338 e. The lowest BCUT2D eigenvalue weighted by Crippen LogP contribution is -2.02. The number of ether oxygens (including phenoxy) is 1. The molecule has 2 nitrogen and oxygen atoms in total. The second-order valence-corrected chi connectivity index (χ2v) is 4.40. The highest BCUT2D eigenvalue weighted by Crippen LogP contribution is 2.15. The first kappa shape index (κ1) is 13.4. The summed E-state index contributed by atoms with van der Waals surface area (Å²) in [6.07, 6.45) is 3.81. The first-order valence-electron chi connectivity index (χ1n) is 5.81. The zero-order valence-electron chi connectivity index (χ0n) is 10.5. The van der Waals surface area contributed by atoms with Crippen LogP contribution in [0.3, 0.4) is 0 Å². The van der Waals surface area contributed by atoms with Gasteiger partial charge in [0.15, 0.2) is 0 Å². The molecule has 0 aromatic heterocycles. The Morgan fingerprint density at radius 1 is 1.05 bits per heavy atom. The maximum atomic E-state index is 11.6. The molecule has 0 spiro atoms. The summed E-state index contributed by atoms with van der Waals surface area (Å²) in [6, 6.07) is 14.8. The van der Waals surface area contributed by atoms with Crippen molar-refractivity contribution in [3.8, 4) is 0 Å². The van der Waals surface area contributed by atoms with E-state index in [-0.39, 0.29) is 5.97 Å². The summed E-state index contributed by atoms with van der Waals surface area (Å²) in [7, 11) is 1.38. The quantitative estimate of drug-likeness (QED) is 0.615. The van der Waals surface area contributed by atoms with E-state index in [1.807, 2.05) is 54.6 Å². The fraction of sp³-hybridized carbons (Fsp3) is 0.0625. The van der Waals surface area contributed by atoms with Crippen molar-refractivity contribution in [3.05, 3.63) is 70.2 Å². The lowest BCUT2D eigenvalue weighted by molar-refractivity contribution is 0.0600. The van der Waals surface area contributed by atoms with Crippen molar-refractivity contribution in [1.29, 1.82) is 0 Å². The van der Waals surface area contributed by atoms with Crippen LogP contribution in [0.15, 0.2) is 48.5 Å². The van der Waals surface area contributed by atoms with Crippen molar-refractivity contribution in [2.24, 2.45) is 0 Å². The first-order valence-corrected chi connectivity index (χ1v) is 6.19. The van der Waals surface area contributed by atoms with Gasteiger partial charge >= 0.3 is 5.97 Å². The average molecular weight is 273 g/mol. The van der Waals surface area contributed by atoms with E-state index in [2.05, 4.69) is 0 Å². The van der Waals surface area contributed by atoms with Crippen LogP contribution in [0.25, 0.3) is 12.2 Å². The molecular formula is C16H13ClO2. The van der Waals surface area contributed by atoms with Gasteiger partial charge in [-0.05, 0) is 29.3 Å². The Kier molecular flexibility index (Phi) is 4.37.